The molecule has 0 aromatic heterocycles. The number of carbonyl (C=O) groups excluding carboxylic acids is 1. The monoisotopic (exact) mass is 412 g/mol. The zero-order chi connectivity index (χ0) is 14.6. The summed E-state index contributed by atoms with van der Waals surface area (Å²) in [7, 11) is 3.42. The van der Waals surface area contributed by atoms with Crippen molar-refractivity contribution in [2.24, 2.45) is 11.1 Å². The van der Waals surface area contributed by atoms with E-state index in [1.165, 1.54) is 0 Å². The Hall–Kier alpha value is -0.530. The molecule has 0 atom stereocenters. The van der Waals surface area contributed by atoms with E-state index in [1.807, 2.05) is 6.07 Å². The van der Waals surface area contributed by atoms with Crippen molar-refractivity contribution in [2.45, 2.75) is 13.8 Å². The van der Waals surface area contributed by atoms with E-state index in [0.717, 1.165) is 9.32 Å². The summed E-state index contributed by atoms with van der Waals surface area (Å²) in [5.41, 5.74) is 6.32. The van der Waals surface area contributed by atoms with Crippen molar-refractivity contribution in [1.29, 1.82) is 0 Å². The Morgan fingerprint density at radius 1 is 1.45 bits per heavy atom. The van der Waals surface area contributed by atoms with Crippen LogP contribution in [0.25, 0.3) is 0 Å². The Morgan fingerprint density at radius 3 is 2.50 bits per heavy atom. The average molecular weight is 413 g/mol. The lowest BCUT2D eigenvalue weighted by Crippen LogP contribution is -2.40. The maximum atomic E-state index is 12.4. The summed E-state index contributed by atoms with van der Waals surface area (Å²) in [4.78, 5) is 14.1. The fraction of sp³-hybridized carbons (Fsp3) is 0.500. The molecule has 0 radical (unpaired) electrons. The molecule has 0 saturated heterocycles. The second kappa shape index (κ2) is 8.05. The third-order valence-electron chi connectivity index (χ3n) is 2.97. The average Bonchev–Trinajstić information content (AvgIpc) is 2.37. The van der Waals surface area contributed by atoms with Gasteiger partial charge in [0.2, 0.25) is 0 Å². The van der Waals surface area contributed by atoms with Gasteiger partial charge in [-0.15, -0.1) is 12.4 Å². The quantitative estimate of drug-likeness (QED) is 0.757. The predicted molar refractivity (Wildman–Crippen MR) is 92.8 cm³/mol. The summed E-state index contributed by atoms with van der Waals surface area (Å²) in [5, 5.41) is 0. The number of ether oxygens (including phenoxy) is 1. The maximum Gasteiger partial charge on any atom is 0.254 e. The summed E-state index contributed by atoms with van der Waals surface area (Å²) in [6, 6.07) is 5.46. The molecule has 1 aromatic rings. The van der Waals surface area contributed by atoms with Gasteiger partial charge in [0.25, 0.3) is 5.91 Å². The Kier molecular flexibility index (Phi) is 7.83. The van der Waals surface area contributed by atoms with Gasteiger partial charge in [0, 0.05) is 17.2 Å². The van der Waals surface area contributed by atoms with Crippen LogP contribution in [0.4, 0.5) is 0 Å². The van der Waals surface area contributed by atoms with E-state index in [1.54, 1.807) is 31.2 Å². The van der Waals surface area contributed by atoms with Crippen molar-refractivity contribution in [3.8, 4) is 5.75 Å². The van der Waals surface area contributed by atoms with Crippen molar-refractivity contribution in [3.63, 3.8) is 0 Å². The number of benzene rings is 1. The number of nitrogens with zero attached hydrogens (tertiary/aromatic N) is 1. The standard InChI is InChI=1S/C14H21IN2O2.ClH/c1-14(2,8-16)9-17(3)13(18)11-6-5-10(19-4)7-12(11)15;/h5-7H,8-9,16H2,1-4H3;1H. The molecular formula is C14H22ClIN2O2. The lowest BCUT2D eigenvalue weighted by molar-refractivity contribution is 0.0739. The number of amides is 1. The molecule has 1 rings (SSSR count). The molecule has 4 nitrogen and oxygen atoms in total. The highest BCUT2D eigenvalue weighted by molar-refractivity contribution is 14.1. The third kappa shape index (κ3) is 5.10. The van der Waals surface area contributed by atoms with Gasteiger partial charge in [-0.25, -0.2) is 0 Å². The van der Waals surface area contributed by atoms with Crippen LogP contribution in [-0.4, -0.2) is 38.1 Å². The first kappa shape index (κ1) is 19.5. The molecule has 6 heteroatoms. The molecule has 1 aromatic carbocycles. The van der Waals surface area contributed by atoms with Crippen LogP contribution in [0.3, 0.4) is 0 Å². The first-order valence-electron chi connectivity index (χ1n) is 6.10. The lowest BCUT2D eigenvalue weighted by Gasteiger charge is -2.29. The minimum Gasteiger partial charge on any atom is -0.497 e. The summed E-state index contributed by atoms with van der Waals surface area (Å²) in [6.45, 7) is 5.28. The molecular weight excluding hydrogens is 391 g/mol. The van der Waals surface area contributed by atoms with Gasteiger partial charge in [0.15, 0.2) is 0 Å². The second-order valence-corrected chi connectivity index (χ2v) is 6.54. The van der Waals surface area contributed by atoms with Gasteiger partial charge in [-0.1, -0.05) is 13.8 Å². The van der Waals surface area contributed by atoms with Crippen LogP contribution in [0.15, 0.2) is 18.2 Å². The lowest BCUT2D eigenvalue weighted by atomic mass is 9.93. The number of carbonyl (C=O) groups is 1. The SMILES string of the molecule is COc1ccc(C(=O)N(C)CC(C)(C)CN)c(I)c1.Cl. The highest BCUT2D eigenvalue weighted by Gasteiger charge is 2.23. The van der Waals surface area contributed by atoms with Gasteiger partial charge in [-0.2, -0.15) is 0 Å². The highest BCUT2D eigenvalue weighted by Crippen LogP contribution is 2.22. The van der Waals surface area contributed by atoms with Crippen LogP contribution < -0.4 is 10.5 Å². The maximum absolute atomic E-state index is 12.4. The van der Waals surface area contributed by atoms with Gasteiger partial charge in [-0.05, 0) is 52.7 Å². The van der Waals surface area contributed by atoms with Crippen molar-refractivity contribution in [1.82, 2.24) is 4.90 Å². The first-order chi connectivity index (χ1) is 8.80. The van der Waals surface area contributed by atoms with Crippen molar-refractivity contribution in [2.75, 3.05) is 27.2 Å². The van der Waals surface area contributed by atoms with Gasteiger partial charge < -0.3 is 15.4 Å². The molecule has 1 amide bonds. The van der Waals surface area contributed by atoms with Gasteiger partial charge in [-0.3, -0.25) is 4.79 Å². The van der Waals surface area contributed by atoms with Crippen LogP contribution in [0.2, 0.25) is 0 Å². The molecule has 0 aliphatic heterocycles. The van der Waals surface area contributed by atoms with Crippen LogP contribution in [0, 0.1) is 8.99 Å². The highest BCUT2D eigenvalue weighted by atomic mass is 127. The molecule has 0 aliphatic carbocycles. The number of halogens is 2. The van der Waals surface area contributed by atoms with Crippen molar-refractivity contribution in [3.05, 3.63) is 27.3 Å². The van der Waals surface area contributed by atoms with E-state index in [0.29, 0.717) is 18.7 Å². The van der Waals surface area contributed by atoms with Crippen LogP contribution >= 0.6 is 35.0 Å². The van der Waals surface area contributed by atoms with Crippen molar-refractivity contribution < 1.29 is 9.53 Å². The number of rotatable bonds is 5. The van der Waals surface area contributed by atoms with E-state index >= 15 is 0 Å². The zero-order valence-corrected chi connectivity index (χ0v) is 15.2. The van der Waals surface area contributed by atoms with Crippen molar-refractivity contribution >= 4 is 40.9 Å². The molecule has 0 aliphatic rings. The number of hydrogen-bond acceptors (Lipinski definition) is 3. The predicted octanol–water partition coefficient (Wildman–Crippen LogP) is 2.78. The molecule has 2 N–H and O–H groups in total. The molecule has 0 bridgehead atoms. The van der Waals surface area contributed by atoms with Crippen LogP contribution in [-0.2, 0) is 0 Å². The molecule has 0 spiro atoms. The minimum atomic E-state index is -0.0810. The molecule has 0 fully saturated rings. The Morgan fingerprint density at radius 2 is 2.05 bits per heavy atom. The number of nitrogens with two attached hydrogens (primary N) is 1. The number of hydrogen-bond donors (Lipinski definition) is 1. The van der Waals surface area contributed by atoms with Gasteiger partial charge >= 0.3 is 0 Å². The smallest absolute Gasteiger partial charge is 0.254 e. The van der Waals surface area contributed by atoms with Gasteiger partial charge in [0.05, 0.1) is 12.7 Å². The van der Waals surface area contributed by atoms with E-state index in [4.69, 9.17) is 10.5 Å². The third-order valence-corrected chi connectivity index (χ3v) is 3.86. The van der Waals surface area contributed by atoms with Gasteiger partial charge in [0.1, 0.15) is 5.75 Å². The normalized spacial score (nSPS) is 10.7. The van der Waals surface area contributed by atoms with Crippen LogP contribution in [0.1, 0.15) is 24.2 Å². The van der Waals surface area contributed by atoms with E-state index < -0.39 is 0 Å². The molecule has 20 heavy (non-hydrogen) atoms. The molecule has 114 valence electrons. The topological polar surface area (TPSA) is 55.6 Å². The van der Waals surface area contributed by atoms with E-state index in [9.17, 15) is 4.79 Å². The largest absolute Gasteiger partial charge is 0.497 e. The minimum absolute atomic E-state index is 0. The summed E-state index contributed by atoms with van der Waals surface area (Å²) < 4.78 is 6.03. The first-order valence-corrected chi connectivity index (χ1v) is 7.17. The Balaban J connectivity index is 0.00000361. The zero-order valence-electron chi connectivity index (χ0n) is 12.3. The molecule has 0 unspecified atom stereocenters. The molecule has 0 heterocycles. The fourth-order valence-electron chi connectivity index (χ4n) is 1.78. The molecule has 0 saturated carbocycles. The second-order valence-electron chi connectivity index (χ2n) is 5.38. The Bertz CT molecular complexity index is 466. The summed E-state index contributed by atoms with van der Waals surface area (Å²) in [5.74, 6) is 0.763. The summed E-state index contributed by atoms with van der Waals surface area (Å²) in [6.07, 6.45) is 0. The van der Waals surface area contributed by atoms with E-state index in [2.05, 4.69) is 36.4 Å². The fourth-order valence-corrected chi connectivity index (χ4v) is 2.50. The number of methoxy groups -OCH3 is 1. The Labute approximate surface area is 140 Å². The van der Waals surface area contributed by atoms with E-state index in [-0.39, 0.29) is 23.7 Å². The van der Waals surface area contributed by atoms with Crippen LogP contribution in [0.5, 0.6) is 5.75 Å². The summed E-state index contributed by atoms with van der Waals surface area (Å²) >= 11 is 2.15.